The molecule has 24 heavy (non-hydrogen) atoms. The highest BCUT2D eigenvalue weighted by molar-refractivity contribution is 6.04. The molecule has 1 heterocycles. The van der Waals surface area contributed by atoms with Crippen LogP contribution in [-0.2, 0) is 11.2 Å². The molecule has 0 radical (unpaired) electrons. The molecule has 2 aliphatic rings. The first-order valence-corrected chi connectivity index (χ1v) is 8.44. The Kier molecular flexibility index (Phi) is 3.98. The highest BCUT2D eigenvalue weighted by Gasteiger charge is 2.22. The average Bonchev–Trinajstić information content (AvgIpc) is 2.73. The van der Waals surface area contributed by atoms with E-state index in [0.717, 1.165) is 48.5 Å². The number of rotatable bonds is 2. The molecule has 2 aromatic rings. The third-order valence-electron chi connectivity index (χ3n) is 4.76. The van der Waals surface area contributed by atoms with Gasteiger partial charge in [0.1, 0.15) is 17.6 Å². The molecule has 0 amide bonds. The number of carbonyl (C=O) groups is 1. The molecule has 124 valence electrons. The minimum Gasteiger partial charge on any atom is -0.508 e. The summed E-state index contributed by atoms with van der Waals surface area (Å²) in [4.78, 5) is 12.6. The van der Waals surface area contributed by atoms with E-state index >= 15 is 0 Å². The maximum Gasteiger partial charge on any atom is 0.163 e. The smallest absolute Gasteiger partial charge is 0.163 e. The zero-order valence-corrected chi connectivity index (χ0v) is 13.5. The first kappa shape index (κ1) is 15.2. The Morgan fingerprint density at radius 1 is 0.958 bits per heavy atom. The number of hydrogen-bond donors (Lipinski definition) is 1. The molecule has 2 aromatic carbocycles. The van der Waals surface area contributed by atoms with Crippen molar-refractivity contribution in [2.75, 3.05) is 13.2 Å². The monoisotopic (exact) mass is 324 g/mol. The van der Waals surface area contributed by atoms with Crippen molar-refractivity contribution in [3.05, 3.63) is 47.5 Å². The van der Waals surface area contributed by atoms with Gasteiger partial charge in [-0.15, -0.1) is 0 Å². The molecular formula is C20H20O4. The van der Waals surface area contributed by atoms with Crippen molar-refractivity contribution in [1.29, 1.82) is 0 Å². The molecule has 4 rings (SSSR count). The van der Waals surface area contributed by atoms with Crippen LogP contribution in [0.3, 0.4) is 0 Å². The van der Waals surface area contributed by atoms with Crippen LogP contribution in [-0.4, -0.2) is 30.2 Å². The molecule has 1 aliphatic heterocycles. The Hall–Kier alpha value is -2.33. The van der Waals surface area contributed by atoms with Crippen molar-refractivity contribution in [2.24, 2.45) is 0 Å². The van der Waals surface area contributed by atoms with Crippen molar-refractivity contribution < 1.29 is 19.4 Å². The van der Waals surface area contributed by atoms with Crippen LogP contribution in [0.25, 0.3) is 11.1 Å². The summed E-state index contributed by atoms with van der Waals surface area (Å²) in [6, 6.07) is 11.1. The number of aromatic hydroxyl groups is 1. The number of hydrogen-bond acceptors (Lipinski definition) is 4. The number of aryl methyl sites for hydroxylation is 1. The lowest BCUT2D eigenvalue weighted by atomic mass is 9.96. The highest BCUT2D eigenvalue weighted by atomic mass is 16.5. The quantitative estimate of drug-likeness (QED) is 0.914. The lowest BCUT2D eigenvalue weighted by molar-refractivity contribution is 0.0255. The van der Waals surface area contributed by atoms with Crippen LogP contribution in [0.5, 0.6) is 11.5 Å². The van der Waals surface area contributed by atoms with Crippen LogP contribution in [0, 0.1) is 0 Å². The van der Waals surface area contributed by atoms with Gasteiger partial charge in [0.2, 0.25) is 0 Å². The summed E-state index contributed by atoms with van der Waals surface area (Å²) < 4.78 is 11.4. The fraction of sp³-hybridized carbons (Fsp3) is 0.350. The van der Waals surface area contributed by atoms with Gasteiger partial charge >= 0.3 is 0 Å². The summed E-state index contributed by atoms with van der Waals surface area (Å²) in [5.74, 6) is 1.11. The Balaban J connectivity index is 1.70. The van der Waals surface area contributed by atoms with Gasteiger partial charge in [0.05, 0.1) is 13.2 Å². The number of Topliss-reactive ketones (excluding diaryl/α,β-unsaturated/α-hetero) is 1. The lowest BCUT2D eigenvalue weighted by Gasteiger charge is -2.23. The van der Waals surface area contributed by atoms with Crippen LogP contribution in [0.4, 0.5) is 0 Å². The van der Waals surface area contributed by atoms with E-state index in [4.69, 9.17) is 9.47 Å². The van der Waals surface area contributed by atoms with Crippen LogP contribution < -0.4 is 4.74 Å². The molecule has 1 fully saturated rings. The van der Waals surface area contributed by atoms with Gasteiger partial charge in [0, 0.05) is 24.8 Å². The van der Waals surface area contributed by atoms with Crippen molar-refractivity contribution >= 4 is 5.78 Å². The van der Waals surface area contributed by atoms with Crippen LogP contribution in [0.1, 0.15) is 35.2 Å². The molecule has 4 heteroatoms. The minimum atomic E-state index is 0.123. The number of phenols is 1. The first-order chi connectivity index (χ1) is 11.7. The average molecular weight is 324 g/mol. The minimum absolute atomic E-state index is 0.123. The summed E-state index contributed by atoms with van der Waals surface area (Å²) in [6.07, 6.45) is 3.01. The SMILES string of the molecule is O=C1CCc2cc(O)ccc2-c2ccc(OC3CCOCC3)cc21. The Morgan fingerprint density at radius 3 is 2.58 bits per heavy atom. The van der Waals surface area contributed by atoms with Crippen molar-refractivity contribution in [2.45, 2.75) is 31.8 Å². The number of benzene rings is 2. The molecule has 0 unspecified atom stereocenters. The zero-order valence-electron chi connectivity index (χ0n) is 13.5. The molecule has 0 saturated carbocycles. The van der Waals surface area contributed by atoms with E-state index in [9.17, 15) is 9.90 Å². The Labute approximate surface area is 141 Å². The Bertz CT molecular complexity index is 775. The normalized spacial score (nSPS) is 17.8. The predicted octanol–water partition coefficient (Wildman–Crippen LogP) is 3.75. The molecule has 1 N–H and O–H groups in total. The van der Waals surface area contributed by atoms with Gasteiger partial charge in [0.15, 0.2) is 5.78 Å². The van der Waals surface area contributed by atoms with E-state index in [1.54, 1.807) is 12.1 Å². The van der Waals surface area contributed by atoms with Gasteiger partial charge in [-0.3, -0.25) is 4.79 Å². The predicted molar refractivity (Wildman–Crippen MR) is 90.7 cm³/mol. The standard InChI is InChI=1S/C20H20O4/c21-14-2-4-17-13(11-14)1-6-20(22)19-12-16(3-5-18(17)19)24-15-7-9-23-10-8-15/h2-5,11-12,15,21H,1,6-10H2. The van der Waals surface area contributed by atoms with Crippen molar-refractivity contribution in [1.82, 2.24) is 0 Å². The number of fused-ring (bicyclic) bond motifs is 3. The van der Waals surface area contributed by atoms with Gasteiger partial charge in [-0.1, -0.05) is 6.07 Å². The molecule has 0 spiro atoms. The number of phenolic OH excluding ortho intramolecular Hbond substituents is 1. The first-order valence-electron chi connectivity index (χ1n) is 8.44. The third kappa shape index (κ3) is 2.89. The van der Waals surface area contributed by atoms with E-state index in [-0.39, 0.29) is 17.6 Å². The van der Waals surface area contributed by atoms with Crippen LogP contribution >= 0.6 is 0 Å². The Morgan fingerprint density at radius 2 is 1.75 bits per heavy atom. The lowest BCUT2D eigenvalue weighted by Crippen LogP contribution is -2.25. The van der Waals surface area contributed by atoms with Crippen molar-refractivity contribution in [3.63, 3.8) is 0 Å². The molecule has 0 bridgehead atoms. The number of ether oxygens (including phenoxy) is 2. The van der Waals surface area contributed by atoms with Gasteiger partial charge in [0.25, 0.3) is 0 Å². The molecule has 0 aromatic heterocycles. The second-order valence-electron chi connectivity index (χ2n) is 6.40. The summed E-state index contributed by atoms with van der Waals surface area (Å²) in [7, 11) is 0. The summed E-state index contributed by atoms with van der Waals surface area (Å²) in [5, 5.41) is 9.71. The third-order valence-corrected chi connectivity index (χ3v) is 4.76. The molecule has 4 nitrogen and oxygen atoms in total. The largest absolute Gasteiger partial charge is 0.508 e. The molecular weight excluding hydrogens is 304 g/mol. The molecule has 1 saturated heterocycles. The maximum atomic E-state index is 12.6. The maximum absolute atomic E-state index is 12.6. The van der Waals surface area contributed by atoms with Gasteiger partial charge in [-0.2, -0.15) is 0 Å². The number of carbonyl (C=O) groups excluding carboxylic acids is 1. The summed E-state index contributed by atoms with van der Waals surface area (Å²) >= 11 is 0. The molecule has 0 atom stereocenters. The van der Waals surface area contributed by atoms with Crippen LogP contribution in [0.15, 0.2) is 36.4 Å². The topological polar surface area (TPSA) is 55.8 Å². The number of ketones is 1. The molecule has 1 aliphatic carbocycles. The van der Waals surface area contributed by atoms with Crippen LogP contribution in [0.2, 0.25) is 0 Å². The summed E-state index contributed by atoms with van der Waals surface area (Å²) in [6.45, 7) is 1.46. The van der Waals surface area contributed by atoms with E-state index in [2.05, 4.69) is 0 Å². The summed E-state index contributed by atoms with van der Waals surface area (Å²) in [5.41, 5.74) is 3.67. The van der Waals surface area contributed by atoms with Gasteiger partial charge in [-0.25, -0.2) is 0 Å². The second kappa shape index (κ2) is 6.29. The van der Waals surface area contributed by atoms with E-state index in [1.165, 1.54) is 0 Å². The second-order valence-corrected chi connectivity index (χ2v) is 6.40. The van der Waals surface area contributed by atoms with Gasteiger partial charge in [-0.05, 0) is 53.4 Å². The van der Waals surface area contributed by atoms with E-state index < -0.39 is 0 Å². The fourth-order valence-corrected chi connectivity index (χ4v) is 3.48. The van der Waals surface area contributed by atoms with Crippen molar-refractivity contribution in [3.8, 4) is 22.6 Å². The van der Waals surface area contributed by atoms with Gasteiger partial charge < -0.3 is 14.6 Å². The zero-order chi connectivity index (χ0) is 16.5. The highest BCUT2D eigenvalue weighted by Crippen LogP contribution is 2.36. The fourth-order valence-electron chi connectivity index (χ4n) is 3.48. The van der Waals surface area contributed by atoms with E-state index in [1.807, 2.05) is 24.3 Å². The van der Waals surface area contributed by atoms with E-state index in [0.29, 0.717) is 18.4 Å².